The number of hydrogen-bond acceptors (Lipinski definition) is 5. The van der Waals surface area contributed by atoms with Gasteiger partial charge in [-0.15, -0.1) is 6.42 Å². The van der Waals surface area contributed by atoms with Crippen LogP contribution in [-0.4, -0.2) is 37.9 Å². The lowest BCUT2D eigenvalue weighted by Gasteiger charge is -2.22. The van der Waals surface area contributed by atoms with Gasteiger partial charge in [-0.3, -0.25) is 4.79 Å². The molecule has 1 aromatic carbocycles. The predicted octanol–water partition coefficient (Wildman–Crippen LogP) is 2.48. The van der Waals surface area contributed by atoms with Gasteiger partial charge in [0, 0.05) is 6.54 Å². The lowest BCUT2D eigenvalue weighted by molar-refractivity contribution is -0.124. The van der Waals surface area contributed by atoms with Gasteiger partial charge >= 0.3 is 6.09 Å². The molecule has 0 heterocycles. The monoisotopic (exact) mass is 376 g/mol. The molecule has 7 nitrogen and oxygen atoms in total. The van der Waals surface area contributed by atoms with E-state index in [4.69, 9.17) is 20.6 Å². The molecule has 0 bridgehead atoms. The molecule has 0 aliphatic carbocycles. The summed E-state index contributed by atoms with van der Waals surface area (Å²) in [5, 5.41) is 5.42. The summed E-state index contributed by atoms with van der Waals surface area (Å²) in [7, 11) is 1.53. The van der Waals surface area contributed by atoms with Crippen LogP contribution < -0.4 is 20.1 Å². The Morgan fingerprint density at radius 3 is 2.44 bits per heavy atom. The Labute approximate surface area is 160 Å². The van der Waals surface area contributed by atoms with E-state index in [0.29, 0.717) is 11.5 Å². The van der Waals surface area contributed by atoms with Gasteiger partial charge in [0.2, 0.25) is 5.91 Å². The van der Waals surface area contributed by atoms with Crippen molar-refractivity contribution in [1.82, 2.24) is 10.6 Å². The smallest absolute Gasteiger partial charge is 0.408 e. The minimum atomic E-state index is -0.698. The van der Waals surface area contributed by atoms with Gasteiger partial charge < -0.3 is 24.8 Å². The number of carbonyl (C=O) groups is 2. The fraction of sp³-hybridized carbons (Fsp3) is 0.500. The molecule has 0 saturated carbocycles. The van der Waals surface area contributed by atoms with E-state index in [2.05, 4.69) is 16.6 Å². The SMILES string of the molecule is C#CCOc1ccc(CNC(=O)[C@@H](NC(=O)OC(C)C)C(C)C)cc1OC. The van der Waals surface area contributed by atoms with Crippen molar-refractivity contribution in [3.63, 3.8) is 0 Å². The van der Waals surface area contributed by atoms with Gasteiger partial charge in [-0.25, -0.2) is 4.79 Å². The molecule has 1 atom stereocenters. The highest BCUT2D eigenvalue weighted by atomic mass is 16.6. The second-order valence-electron chi connectivity index (χ2n) is 6.52. The Bertz CT molecular complexity index is 679. The number of amides is 2. The van der Waals surface area contributed by atoms with Crippen molar-refractivity contribution in [2.45, 2.75) is 46.4 Å². The van der Waals surface area contributed by atoms with Crippen molar-refractivity contribution < 1.29 is 23.8 Å². The van der Waals surface area contributed by atoms with Crippen molar-refractivity contribution in [2.24, 2.45) is 5.92 Å². The molecule has 2 amide bonds. The number of alkyl carbamates (subject to hydrolysis) is 1. The molecular formula is C20H28N2O5. The number of nitrogens with one attached hydrogen (secondary N) is 2. The van der Waals surface area contributed by atoms with E-state index in [1.54, 1.807) is 32.0 Å². The van der Waals surface area contributed by atoms with Crippen LogP contribution in [0, 0.1) is 18.3 Å². The number of ether oxygens (including phenoxy) is 3. The molecule has 27 heavy (non-hydrogen) atoms. The highest BCUT2D eigenvalue weighted by Gasteiger charge is 2.25. The molecule has 0 radical (unpaired) electrons. The lowest BCUT2D eigenvalue weighted by atomic mass is 10.0. The summed E-state index contributed by atoms with van der Waals surface area (Å²) in [4.78, 5) is 24.3. The Hall–Kier alpha value is -2.88. The van der Waals surface area contributed by atoms with E-state index in [1.165, 1.54) is 7.11 Å². The first-order valence-corrected chi connectivity index (χ1v) is 8.76. The molecular weight excluding hydrogens is 348 g/mol. The van der Waals surface area contributed by atoms with Crippen molar-refractivity contribution >= 4 is 12.0 Å². The minimum Gasteiger partial charge on any atom is -0.493 e. The van der Waals surface area contributed by atoms with Gasteiger partial charge in [-0.2, -0.15) is 0 Å². The van der Waals surface area contributed by atoms with Gasteiger partial charge in [0.05, 0.1) is 13.2 Å². The fourth-order valence-electron chi connectivity index (χ4n) is 2.27. The summed E-state index contributed by atoms with van der Waals surface area (Å²) < 4.78 is 15.7. The summed E-state index contributed by atoms with van der Waals surface area (Å²) >= 11 is 0. The highest BCUT2D eigenvalue weighted by Crippen LogP contribution is 2.28. The van der Waals surface area contributed by atoms with E-state index >= 15 is 0 Å². The zero-order chi connectivity index (χ0) is 20.4. The van der Waals surface area contributed by atoms with Gasteiger partial charge in [-0.1, -0.05) is 25.8 Å². The molecule has 0 aromatic heterocycles. The van der Waals surface area contributed by atoms with Crippen LogP contribution in [0.5, 0.6) is 11.5 Å². The van der Waals surface area contributed by atoms with E-state index < -0.39 is 12.1 Å². The third kappa shape index (κ3) is 7.48. The maximum Gasteiger partial charge on any atom is 0.408 e. The van der Waals surface area contributed by atoms with E-state index in [1.807, 2.05) is 13.8 Å². The summed E-state index contributed by atoms with van der Waals surface area (Å²) in [6, 6.07) is 4.60. The molecule has 0 aliphatic heterocycles. The second-order valence-corrected chi connectivity index (χ2v) is 6.52. The molecule has 1 rings (SSSR count). The van der Waals surface area contributed by atoms with E-state index in [0.717, 1.165) is 5.56 Å². The van der Waals surface area contributed by atoms with E-state index in [-0.39, 0.29) is 31.1 Å². The first-order valence-electron chi connectivity index (χ1n) is 8.76. The van der Waals surface area contributed by atoms with Crippen LogP contribution in [0.1, 0.15) is 33.3 Å². The fourth-order valence-corrected chi connectivity index (χ4v) is 2.27. The topological polar surface area (TPSA) is 85.9 Å². The average molecular weight is 376 g/mol. The van der Waals surface area contributed by atoms with Crippen LogP contribution in [0.15, 0.2) is 18.2 Å². The zero-order valence-electron chi connectivity index (χ0n) is 16.5. The maximum atomic E-state index is 12.5. The molecule has 0 fully saturated rings. The van der Waals surface area contributed by atoms with Crippen LogP contribution in [0.4, 0.5) is 4.79 Å². The van der Waals surface area contributed by atoms with Crippen molar-refractivity contribution in [3.05, 3.63) is 23.8 Å². The Morgan fingerprint density at radius 2 is 1.89 bits per heavy atom. The quantitative estimate of drug-likeness (QED) is 0.647. The summed E-state index contributed by atoms with van der Waals surface area (Å²) in [5.41, 5.74) is 0.820. The number of terminal acetylenes is 1. The van der Waals surface area contributed by atoms with Crippen molar-refractivity contribution in [3.8, 4) is 23.8 Å². The van der Waals surface area contributed by atoms with Crippen LogP contribution in [-0.2, 0) is 16.1 Å². The molecule has 0 unspecified atom stereocenters. The lowest BCUT2D eigenvalue weighted by Crippen LogP contribution is -2.50. The molecule has 7 heteroatoms. The largest absolute Gasteiger partial charge is 0.493 e. The molecule has 0 saturated heterocycles. The van der Waals surface area contributed by atoms with E-state index in [9.17, 15) is 9.59 Å². The first-order chi connectivity index (χ1) is 12.8. The first kappa shape index (κ1) is 22.2. The number of carbonyl (C=O) groups excluding carboxylic acids is 2. The van der Waals surface area contributed by atoms with Crippen LogP contribution in [0.3, 0.4) is 0 Å². The Balaban J connectivity index is 2.72. The normalized spacial score (nSPS) is 11.5. The highest BCUT2D eigenvalue weighted by molar-refractivity contribution is 5.85. The Morgan fingerprint density at radius 1 is 1.19 bits per heavy atom. The maximum absolute atomic E-state index is 12.5. The number of benzene rings is 1. The van der Waals surface area contributed by atoms with Crippen LogP contribution >= 0.6 is 0 Å². The van der Waals surface area contributed by atoms with Crippen molar-refractivity contribution in [1.29, 1.82) is 0 Å². The molecule has 148 valence electrons. The average Bonchev–Trinajstić information content (AvgIpc) is 2.61. The standard InChI is InChI=1S/C20H28N2O5/c1-7-10-26-16-9-8-15(11-17(16)25-6)12-21-19(23)18(13(2)3)22-20(24)27-14(4)5/h1,8-9,11,13-14,18H,10,12H2,2-6H3,(H,21,23)(H,22,24)/t18-/m0/s1. The number of hydrogen-bond donors (Lipinski definition) is 2. The zero-order valence-corrected chi connectivity index (χ0v) is 16.5. The molecule has 0 spiro atoms. The van der Waals surface area contributed by atoms with Gasteiger partial charge in [0.15, 0.2) is 11.5 Å². The van der Waals surface area contributed by atoms with Gasteiger partial charge in [-0.05, 0) is 37.5 Å². The second kappa shape index (κ2) is 11.0. The summed E-state index contributed by atoms with van der Waals surface area (Å²) in [6.45, 7) is 7.60. The summed E-state index contributed by atoms with van der Waals surface area (Å²) in [5.74, 6) is 3.06. The molecule has 0 aliphatic rings. The van der Waals surface area contributed by atoms with Crippen molar-refractivity contribution in [2.75, 3.05) is 13.7 Å². The minimum absolute atomic E-state index is 0.0983. The number of rotatable bonds is 9. The van der Waals surface area contributed by atoms with Gasteiger partial charge in [0.25, 0.3) is 0 Å². The predicted molar refractivity (Wildman–Crippen MR) is 103 cm³/mol. The third-order valence-corrected chi connectivity index (χ3v) is 3.57. The van der Waals surface area contributed by atoms with Crippen LogP contribution in [0.25, 0.3) is 0 Å². The Kier molecular flexibility index (Phi) is 9.00. The number of methoxy groups -OCH3 is 1. The molecule has 1 aromatic rings. The third-order valence-electron chi connectivity index (χ3n) is 3.57. The summed E-state index contributed by atoms with van der Waals surface area (Å²) in [6.07, 6.45) is 4.31. The van der Waals surface area contributed by atoms with Crippen LogP contribution in [0.2, 0.25) is 0 Å². The van der Waals surface area contributed by atoms with Gasteiger partial charge in [0.1, 0.15) is 12.6 Å². The molecule has 2 N–H and O–H groups in total.